The maximum absolute atomic E-state index is 11.0. The molecule has 0 fully saturated rings. The fraction of sp³-hybridized carbons (Fsp3) is 0.755. The van der Waals surface area contributed by atoms with Crippen molar-refractivity contribution in [2.75, 3.05) is 0 Å². The Balaban J connectivity index is 1.42. The predicted molar refractivity (Wildman–Crippen MR) is 223 cm³/mol. The minimum Gasteiger partial charge on any atom is -0.384 e. The Hall–Kier alpha value is -1.60. The van der Waals surface area contributed by atoms with Crippen molar-refractivity contribution in [2.45, 2.75) is 238 Å². The number of benzene rings is 2. The van der Waals surface area contributed by atoms with E-state index in [9.17, 15) is 5.11 Å². The molecular weight excluding hydrogens is 605 g/mol. The first-order valence-electron chi connectivity index (χ1n) is 22.6. The molecule has 0 saturated carbocycles. The van der Waals surface area contributed by atoms with Crippen LogP contribution in [0, 0.1) is 0 Å². The Kier molecular flexibility index (Phi) is 29.6. The van der Waals surface area contributed by atoms with Crippen LogP contribution < -0.4 is 0 Å². The first kappa shape index (κ1) is 44.6. The largest absolute Gasteiger partial charge is 0.384 e. The van der Waals surface area contributed by atoms with Crippen LogP contribution in [0.25, 0.3) is 0 Å². The molecule has 0 aromatic heterocycles. The van der Waals surface area contributed by atoms with Gasteiger partial charge in [-0.2, -0.15) is 0 Å². The molecule has 0 atom stereocenters. The van der Waals surface area contributed by atoms with E-state index in [1.165, 1.54) is 217 Å². The van der Waals surface area contributed by atoms with Gasteiger partial charge in [-0.15, -0.1) is 0 Å². The van der Waals surface area contributed by atoms with Gasteiger partial charge in [0.25, 0.3) is 0 Å². The second-order valence-electron chi connectivity index (χ2n) is 16.0. The lowest BCUT2D eigenvalue weighted by Gasteiger charge is -2.13. The van der Waals surface area contributed by atoms with Crippen LogP contribution in [0.1, 0.15) is 248 Å². The number of aliphatic hydroxyl groups excluding tert-OH is 1. The van der Waals surface area contributed by atoms with E-state index in [4.69, 9.17) is 0 Å². The summed E-state index contributed by atoms with van der Waals surface area (Å²) in [5, 5.41) is 11.0. The zero-order valence-electron chi connectivity index (χ0n) is 33.7. The van der Waals surface area contributed by atoms with Gasteiger partial charge in [0.15, 0.2) is 0 Å². The normalized spacial score (nSPS) is 11.6. The fourth-order valence-electron chi connectivity index (χ4n) is 7.68. The summed E-state index contributed by atoms with van der Waals surface area (Å²) in [6.45, 7) is 4.60. The summed E-state index contributed by atoms with van der Waals surface area (Å²) in [6.07, 6.45) is 47.1. The minimum atomic E-state index is -0.538. The van der Waals surface area contributed by atoms with E-state index in [2.05, 4.69) is 62.4 Å². The molecule has 286 valence electrons. The molecule has 0 aliphatic rings. The summed E-state index contributed by atoms with van der Waals surface area (Å²) in [7, 11) is 0. The first-order chi connectivity index (χ1) is 24.7. The number of hydrogen-bond donors (Lipinski definition) is 1. The molecule has 2 rings (SSSR count). The van der Waals surface area contributed by atoms with Crippen molar-refractivity contribution in [2.24, 2.45) is 0 Å². The fourth-order valence-corrected chi connectivity index (χ4v) is 7.68. The zero-order chi connectivity index (χ0) is 35.6. The van der Waals surface area contributed by atoms with Crippen molar-refractivity contribution in [3.05, 3.63) is 70.8 Å². The Bertz CT molecular complexity index is 880. The monoisotopic (exact) mass is 689 g/mol. The number of rotatable bonds is 36. The molecule has 2 aromatic rings. The Labute approximate surface area is 313 Å². The first-order valence-corrected chi connectivity index (χ1v) is 22.6. The molecule has 2 aromatic carbocycles. The van der Waals surface area contributed by atoms with E-state index >= 15 is 0 Å². The third-order valence-corrected chi connectivity index (χ3v) is 11.2. The Morgan fingerprint density at radius 3 is 0.720 bits per heavy atom. The van der Waals surface area contributed by atoms with Crippen molar-refractivity contribution in [3.63, 3.8) is 0 Å². The van der Waals surface area contributed by atoms with E-state index in [1.54, 1.807) is 0 Å². The number of aliphatic hydroxyl groups is 1. The second kappa shape index (κ2) is 33.3. The third-order valence-electron chi connectivity index (χ3n) is 11.2. The van der Waals surface area contributed by atoms with Gasteiger partial charge in [0.2, 0.25) is 0 Å². The van der Waals surface area contributed by atoms with Crippen LogP contribution in [-0.2, 0) is 12.8 Å². The average molecular weight is 689 g/mol. The topological polar surface area (TPSA) is 20.2 Å². The number of aryl methyl sites for hydroxylation is 2. The molecule has 0 amide bonds. The summed E-state index contributed by atoms with van der Waals surface area (Å²) in [6, 6.07) is 17.5. The standard InChI is InChI=1S/C49H84O/c1-3-5-7-9-11-13-15-17-19-21-23-25-27-29-31-33-35-45-37-41-47(42-38-45)49(50)48-43-39-46(40-44-48)36-34-32-30-28-26-24-22-20-18-16-14-12-10-8-6-4-2/h37-44,49-50H,3-36H2,1-2H3. The predicted octanol–water partition coefficient (Wildman–Crippen LogP) is 16.4. The molecule has 50 heavy (non-hydrogen) atoms. The summed E-state index contributed by atoms with van der Waals surface area (Å²) in [5.41, 5.74) is 4.82. The molecule has 0 aliphatic heterocycles. The molecule has 1 heteroatoms. The van der Waals surface area contributed by atoms with Crippen LogP contribution in [0.2, 0.25) is 0 Å². The van der Waals surface area contributed by atoms with Gasteiger partial charge in [0.1, 0.15) is 6.10 Å². The van der Waals surface area contributed by atoms with Crippen molar-refractivity contribution in [1.82, 2.24) is 0 Å². The van der Waals surface area contributed by atoms with Gasteiger partial charge in [-0.1, -0.05) is 255 Å². The highest BCUT2D eigenvalue weighted by Gasteiger charge is 2.10. The van der Waals surface area contributed by atoms with Crippen LogP contribution in [0.5, 0.6) is 0 Å². The van der Waals surface area contributed by atoms with Crippen molar-refractivity contribution >= 4 is 0 Å². The van der Waals surface area contributed by atoms with Crippen LogP contribution in [0.3, 0.4) is 0 Å². The van der Waals surface area contributed by atoms with Gasteiger partial charge >= 0.3 is 0 Å². The van der Waals surface area contributed by atoms with Crippen molar-refractivity contribution < 1.29 is 5.11 Å². The van der Waals surface area contributed by atoms with Crippen LogP contribution in [0.15, 0.2) is 48.5 Å². The van der Waals surface area contributed by atoms with Crippen LogP contribution in [-0.4, -0.2) is 5.11 Å². The molecule has 0 spiro atoms. The van der Waals surface area contributed by atoms with Crippen molar-refractivity contribution in [3.8, 4) is 0 Å². The average Bonchev–Trinajstić information content (AvgIpc) is 3.14. The molecule has 0 unspecified atom stereocenters. The minimum absolute atomic E-state index is 0.538. The third kappa shape index (κ3) is 24.6. The van der Waals surface area contributed by atoms with E-state index in [-0.39, 0.29) is 0 Å². The van der Waals surface area contributed by atoms with Crippen LogP contribution in [0.4, 0.5) is 0 Å². The molecule has 0 heterocycles. The molecule has 1 N–H and O–H groups in total. The maximum Gasteiger partial charge on any atom is 0.104 e. The smallest absolute Gasteiger partial charge is 0.104 e. The highest BCUT2D eigenvalue weighted by molar-refractivity contribution is 5.33. The summed E-state index contributed by atoms with van der Waals surface area (Å²) in [5.74, 6) is 0. The zero-order valence-corrected chi connectivity index (χ0v) is 33.7. The van der Waals surface area contributed by atoms with E-state index in [1.807, 2.05) is 0 Å². The quantitative estimate of drug-likeness (QED) is 0.0707. The molecule has 1 nitrogen and oxygen atoms in total. The summed E-state index contributed by atoms with van der Waals surface area (Å²) < 4.78 is 0. The van der Waals surface area contributed by atoms with Gasteiger partial charge in [0.05, 0.1) is 0 Å². The highest BCUT2D eigenvalue weighted by Crippen LogP contribution is 2.24. The van der Waals surface area contributed by atoms with Gasteiger partial charge in [-0.3, -0.25) is 0 Å². The molecule has 0 saturated heterocycles. The van der Waals surface area contributed by atoms with Gasteiger partial charge in [-0.25, -0.2) is 0 Å². The lowest BCUT2D eigenvalue weighted by Crippen LogP contribution is -2.00. The maximum atomic E-state index is 11.0. The van der Waals surface area contributed by atoms with Crippen LogP contribution >= 0.6 is 0 Å². The molecule has 0 aliphatic carbocycles. The van der Waals surface area contributed by atoms with Gasteiger partial charge in [0, 0.05) is 0 Å². The van der Waals surface area contributed by atoms with Crippen molar-refractivity contribution in [1.29, 1.82) is 0 Å². The summed E-state index contributed by atoms with van der Waals surface area (Å²) >= 11 is 0. The Morgan fingerprint density at radius 2 is 0.500 bits per heavy atom. The summed E-state index contributed by atoms with van der Waals surface area (Å²) in [4.78, 5) is 0. The Morgan fingerprint density at radius 1 is 0.300 bits per heavy atom. The number of hydrogen-bond acceptors (Lipinski definition) is 1. The lowest BCUT2D eigenvalue weighted by atomic mass is 9.97. The van der Waals surface area contributed by atoms with Gasteiger partial charge < -0.3 is 5.11 Å². The SMILES string of the molecule is CCCCCCCCCCCCCCCCCCc1ccc(C(O)c2ccc(CCCCCCCCCCCCCCCCCC)cc2)cc1. The van der Waals surface area contributed by atoms with Gasteiger partial charge in [-0.05, 0) is 47.9 Å². The molecule has 0 radical (unpaired) electrons. The van der Waals surface area contributed by atoms with E-state index < -0.39 is 6.10 Å². The second-order valence-corrected chi connectivity index (χ2v) is 16.0. The van der Waals surface area contributed by atoms with E-state index in [0.29, 0.717) is 0 Å². The molecule has 0 bridgehead atoms. The lowest BCUT2D eigenvalue weighted by molar-refractivity contribution is 0.220. The number of unbranched alkanes of at least 4 members (excludes halogenated alkanes) is 30. The highest BCUT2D eigenvalue weighted by atomic mass is 16.3. The van der Waals surface area contributed by atoms with E-state index in [0.717, 1.165) is 24.0 Å². The molecular formula is C49H84O.